The summed E-state index contributed by atoms with van der Waals surface area (Å²) in [5.74, 6) is -0.0461. The molecular weight excluding hydrogens is 360 g/mol. The van der Waals surface area contributed by atoms with Gasteiger partial charge in [-0.25, -0.2) is 4.79 Å². The smallest absolute Gasteiger partial charge is 0.334 e. The van der Waals surface area contributed by atoms with E-state index in [2.05, 4.69) is 21.1 Å². The van der Waals surface area contributed by atoms with Crippen LogP contribution in [0.15, 0.2) is 40.2 Å². The van der Waals surface area contributed by atoms with Gasteiger partial charge in [-0.15, -0.1) is 5.10 Å². The Hall–Kier alpha value is -3.00. The fourth-order valence-electron chi connectivity index (χ4n) is 3.67. The molecule has 1 atom stereocenters. The molecule has 0 saturated carbocycles. The molecule has 0 fully saturated rings. The van der Waals surface area contributed by atoms with Gasteiger partial charge < -0.3 is 14.8 Å². The standard InChI is InChI=1S/C20H22N4O4/c1-12-6-5-9-15(17(12)19(26)27)28-11-14-10-16(25)24-20(21-14)22-18(23-24)13-7-3-2-4-8-13/h5-7,10,15H,2-4,8-9,11H2,1H3,(H,26,27)(H,21,22,23). The molecule has 0 saturated heterocycles. The molecule has 28 heavy (non-hydrogen) atoms. The average molecular weight is 382 g/mol. The van der Waals surface area contributed by atoms with Crippen molar-refractivity contribution in [2.24, 2.45) is 0 Å². The van der Waals surface area contributed by atoms with E-state index in [9.17, 15) is 14.7 Å². The van der Waals surface area contributed by atoms with Crippen LogP contribution in [0.3, 0.4) is 0 Å². The first-order valence-corrected chi connectivity index (χ1v) is 9.43. The van der Waals surface area contributed by atoms with Gasteiger partial charge in [-0.2, -0.15) is 9.50 Å². The number of nitrogens with zero attached hydrogens (tertiary/aromatic N) is 3. The molecule has 146 valence electrons. The van der Waals surface area contributed by atoms with Crippen molar-refractivity contribution in [3.05, 3.63) is 57.3 Å². The zero-order chi connectivity index (χ0) is 19.7. The highest BCUT2D eigenvalue weighted by Gasteiger charge is 2.25. The second kappa shape index (κ2) is 7.55. The number of nitrogens with one attached hydrogen (secondary N) is 1. The van der Waals surface area contributed by atoms with E-state index in [1.165, 1.54) is 17.0 Å². The lowest BCUT2D eigenvalue weighted by Crippen LogP contribution is -2.25. The molecule has 0 amide bonds. The third-order valence-corrected chi connectivity index (χ3v) is 5.10. The molecule has 2 aliphatic carbocycles. The molecule has 0 bridgehead atoms. The predicted molar refractivity (Wildman–Crippen MR) is 103 cm³/mol. The van der Waals surface area contributed by atoms with Gasteiger partial charge >= 0.3 is 5.97 Å². The Morgan fingerprint density at radius 2 is 2.29 bits per heavy atom. The molecule has 2 N–H and O–H groups in total. The number of fused-ring (bicyclic) bond motifs is 1. The zero-order valence-corrected chi connectivity index (χ0v) is 15.6. The summed E-state index contributed by atoms with van der Waals surface area (Å²) in [6, 6.07) is 1.41. The molecule has 8 heteroatoms. The number of hydrogen-bond donors (Lipinski definition) is 2. The van der Waals surface area contributed by atoms with Gasteiger partial charge in [0.1, 0.15) is 0 Å². The van der Waals surface area contributed by atoms with Crippen LogP contribution in [-0.4, -0.2) is 36.8 Å². The Bertz CT molecular complexity index is 1070. The van der Waals surface area contributed by atoms with Crippen molar-refractivity contribution in [1.82, 2.24) is 19.6 Å². The number of carbonyl (C=O) groups is 1. The minimum absolute atomic E-state index is 0.0825. The molecule has 0 aromatic carbocycles. The summed E-state index contributed by atoms with van der Waals surface area (Å²) in [5, 5.41) is 13.8. The van der Waals surface area contributed by atoms with E-state index in [0.29, 0.717) is 29.3 Å². The van der Waals surface area contributed by atoms with Crippen LogP contribution in [0.1, 0.15) is 50.5 Å². The maximum Gasteiger partial charge on any atom is 0.334 e. The maximum absolute atomic E-state index is 12.4. The van der Waals surface area contributed by atoms with Crippen molar-refractivity contribution in [3.8, 4) is 0 Å². The van der Waals surface area contributed by atoms with E-state index < -0.39 is 12.1 Å². The van der Waals surface area contributed by atoms with Crippen LogP contribution in [0.25, 0.3) is 11.4 Å². The van der Waals surface area contributed by atoms with Gasteiger partial charge in [0.15, 0.2) is 5.82 Å². The number of hydrogen-bond acceptors (Lipinski definition) is 5. The maximum atomic E-state index is 12.4. The fourth-order valence-corrected chi connectivity index (χ4v) is 3.67. The van der Waals surface area contributed by atoms with Gasteiger partial charge in [0.25, 0.3) is 5.56 Å². The first-order valence-electron chi connectivity index (χ1n) is 9.43. The van der Waals surface area contributed by atoms with Crippen molar-refractivity contribution in [2.75, 3.05) is 0 Å². The molecule has 0 spiro atoms. The summed E-state index contributed by atoms with van der Waals surface area (Å²) in [6.07, 6.45) is 9.93. The molecule has 4 rings (SSSR count). The molecule has 2 heterocycles. The highest BCUT2D eigenvalue weighted by molar-refractivity contribution is 5.89. The van der Waals surface area contributed by atoms with E-state index in [-0.39, 0.29) is 17.7 Å². The molecule has 8 nitrogen and oxygen atoms in total. The normalized spacial score (nSPS) is 19.9. The first kappa shape index (κ1) is 18.4. The third kappa shape index (κ3) is 3.55. The second-order valence-corrected chi connectivity index (χ2v) is 7.12. The minimum Gasteiger partial charge on any atom is -0.478 e. The predicted octanol–water partition coefficient (Wildman–Crippen LogP) is 2.62. The number of allylic oxidation sites excluding steroid dienone is 4. The summed E-state index contributed by atoms with van der Waals surface area (Å²) in [4.78, 5) is 31.5. The lowest BCUT2D eigenvalue weighted by molar-refractivity contribution is -0.134. The summed E-state index contributed by atoms with van der Waals surface area (Å²) in [5.41, 5.74) is 2.24. The zero-order valence-electron chi connectivity index (χ0n) is 15.6. The minimum atomic E-state index is -0.987. The Balaban J connectivity index is 1.56. The highest BCUT2D eigenvalue weighted by atomic mass is 16.5. The fraction of sp³-hybridized carbons (Fsp3) is 0.400. The van der Waals surface area contributed by atoms with Crippen molar-refractivity contribution in [2.45, 2.75) is 51.7 Å². The number of carboxylic acids is 1. The van der Waals surface area contributed by atoms with Gasteiger partial charge in [-0.05, 0) is 50.2 Å². The SMILES string of the molecule is CC1=C(C(=O)O)C(OCc2cc(=O)n3nc(C4=CCCCC4)nc3[nH]2)CC=C1. The van der Waals surface area contributed by atoms with E-state index in [0.717, 1.165) is 24.8 Å². The summed E-state index contributed by atoms with van der Waals surface area (Å²) in [7, 11) is 0. The lowest BCUT2D eigenvalue weighted by Gasteiger charge is -2.21. The lowest BCUT2D eigenvalue weighted by atomic mass is 9.96. The quantitative estimate of drug-likeness (QED) is 0.823. The van der Waals surface area contributed by atoms with Crippen molar-refractivity contribution in [1.29, 1.82) is 0 Å². The van der Waals surface area contributed by atoms with Gasteiger partial charge in [-0.3, -0.25) is 4.79 Å². The number of ether oxygens (including phenoxy) is 1. The molecule has 2 aromatic rings. The number of aromatic nitrogens is 4. The van der Waals surface area contributed by atoms with E-state index in [1.54, 1.807) is 13.0 Å². The van der Waals surface area contributed by atoms with Crippen LogP contribution in [0.4, 0.5) is 0 Å². The number of aromatic amines is 1. The highest BCUT2D eigenvalue weighted by Crippen LogP contribution is 2.25. The molecule has 0 aliphatic heterocycles. The molecule has 2 aliphatic rings. The molecule has 2 aromatic heterocycles. The van der Waals surface area contributed by atoms with Gasteiger partial charge in [0.2, 0.25) is 5.78 Å². The van der Waals surface area contributed by atoms with Crippen LogP contribution >= 0.6 is 0 Å². The number of carboxylic acid groups (broad SMARTS) is 1. The van der Waals surface area contributed by atoms with Crippen LogP contribution in [0.2, 0.25) is 0 Å². The van der Waals surface area contributed by atoms with Crippen LogP contribution in [0.5, 0.6) is 0 Å². The molecule has 0 radical (unpaired) electrons. The number of rotatable bonds is 5. The van der Waals surface area contributed by atoms with E-state index >= 15 is 0 Å². The monoisotopic (exact) mass is 382 g/mol. The van der Waals surface area contributed by atoms with E-state index in [4.69, 9.17) is 4.74 Å². The van der Waals surface area contributed by atoms with Crippen molar-refractivity contribution in [3.63, 3.8) is 0 Å². The topological polar surface area (TPSA) is 110 Å². The molecular formula is C20H22N4O4. The van der Waals surface area contributed by atoms with Crippen LogP contribution in [0, 0.1) is 0 Å². The Morgan fingerprint density at radius 1 is 1.43 bits per heavy atom. The summed E-state index contributed by atoms with van der Waals surface area (Å²) < 4.78 is 7.07. The summed E-state index contributed by atoms with van der Waals surface area (Å²) in [6.45, 7) is 1.83. The second-order valence-electron chi connectivity index (χ2n) is 7.12. The number of aliphatic carboxylic acids is 1. The Kier molecular flexibility index (Phi) is 4.95. The van der Waals surface area contributed by atoms with Gasteiger partial charge in [0, 0.05) is 11.8 Å². The van der Waals surface area contributed by atoms with Crippen LogP contribution < -0.4 is 5.56 Å². The van der Waals surface area contributed by atoms with Gasteiger partial charge in [-0.1, -0.05) is 18.2 Å². The third-order valence-electron chi connectivity index (χ3n) is 5.10. The Morgan fingerprint density at radius 3 is 3.04 bits per heavy atom. The van der Waals surface area contributed by atoms with Crippen LogP contribution in [-0.2, 0) is 16.1 Å². The van der Waals surface area contributed by atoms with Gasteiger partial charge in [0.05, 0.1) is 18.3 Å². The average Bonchev–Trinajstić information content (AvgIpc) is 3.11. The van der Waals surface area contributed by atoms with E-state index in [1.807, 2.05) is 6.08 Å². The Labute approximate surface area is 161 Å². The first-order chi connectivity index (χ1) is 13.5. The van der Waals surface area contributed by atoms with Crippen molar-refractivity contribution < 1.29 is 14.6 Å². The molecule has 1 unspecified atom stereocenters. The largest absolute Gasteiger partial charge is 0.478 e. The van der Waals surface area contributed by atoms with Crippen molar-refractivity contribution >= 4 is 17.3 Å². The summed E-state index contributed by atoms with van der Waals surface area (Å²) >= 11 is 0. The number of H-pyrrole nitrogens is 1.